The number of hydrogen-bond donors (Lipinski definition) is 2. The van der Waals surface area contributed by atoms with E-state index >= 15 is 0 Å². The van der Waals surface area contributed by atoms with Crippen LogP contribution in [0, 0.1) is 11.8 Å². The summed E-state index contributed by atoms with van der Waals surface area (Å²) in [5.41, 5.74) is 5.62. The molecule has 0 saturated heterocycles. The number of hydrogen-bond acceptors (Lipinski definition) is 3. The lowest BCUT2D eigenvalue weighted by Gasteiger charge is -2.29. The Hall–Kier alpha value is -1.10. The van der Waals surface area contributed by atoms with E-state index in [4.69, 9.17) is 5.73 Å². The fourth-order valence-electron chi connectivity index (χ4n) is 2.33. The van der Waals surface area contributed by atoms with E-state index < -0.39 is 0 Å². The summed E-state index contributed by atoms with van der Waals surface area (Å²) in [5.74, 6) is 0.608. The van der Waals surface area contributed by atoms with Gasteiger partial charge in [0.05, 0.1) is 6.54 Å². The molecule has 0 bridgehead atoms. The van der Waals surface area contributed by atoms with Crippen LogP contribution >= 0.6 is 0 Å². The maximum atomic E-state index is 12.1. The molecule has 3 N–H and O–H groups in total. The second-order valence-electron chi connectivity index (χ2n) is 4.82. The van der Waals surface area contributed by atoms with Gasteiger partial charge in [0.1, 0.15) is 0 Å². The Kier molecular flexibility index (Phi) is 5.41. The second-order valence-corrected chi connectivity index (χ2v) is 4.82. The highest BCUT2D eigenvalue weighted by Crippen LogP contribution is 2.29. The van der Waals surface area contributed by atoms with Gasteiger partial charge in [-0.1, -0.05) is 0 Å². The van der Waals surface area contributed by atoms with Crippen LogP contribution in [-0.2, 0) is 9.59 Å². The van der Waals surface area contributed by atoms with E-state index in [2.05, 4.69) is 5.32 Å². The van der Waals surface area contributed by atoms with Gasteiger partial charge in [0, 0.05) is 20.0 Å². The van der Waals surface area contributed by atoms with Crippen molar-refractivity contribution in [1.29, 1.82) is 0 Å². The van der Waals surface area contributed by atoms with Crippen molar-refractivity contribution >= 4 is 11.8 Å². The van der Waals surface area contributed by atoms with Crippen LogP contribution in [0.15, 0.2) is 0 Å². The van der Waals surface area contributed by atoms with Gasteiger partial charge in [-0.3, -0.25) is 9.59 Å². The number of amides is 2. The van der Waals surface area contributed by atoms with Crippen molar-refractivity contribution in [3.05, 3.63) is 0 Å². The lowest BCUT2D eigenvalue weighted by Crippen LogP contribution is -2.41. The van der Waals surface area contributed by atoms with Crippen molar-refractivity contribution in [1.82, 2.24) is 10.2 Å². The van der Waals surface area contributed by atoms with Gasteiger partial charge >= 0.3 is 0 Å². The van der Waals surface area contributed by atoms with Crippen molar-refractivity contribution in [2.24, 2.45) is 17.6 Å². The molecule has 17 heavy (non-hydrogen) atoms. The predicted molar refractivity (Wildman–Crippen MR) is 66.2 cm³/mol. The van der Waals surface area contributed by atoms with Crippen molar-refractivity contribution in [2.45, 2.75) is 25.7 Å². The molecule has 0 aliphatic heterocycles. The smallest absolute Gasteiger partial charge is 0.239 e. The zero-order chi connectivity index (χ0) is 12.8. The molecule has 0 spiro atoms. The highest BCUT2D eigenvalue weighted by molar-refractivity contribution is 5.85. The molecule has 0 heterocycles. The zero-order valence-electron chi connectivity index (χ0n) is 10.7. The Bertz CT molecular complexity index is 273. The van der Waals surface area contributed by atoms with Crippen LogP contribution in [0.4, 0.5) is 0 Å². The first kappa shape index (κ1) is 14.0. The summed E-state index contributed by atoms with van der Waals surface area (Å²) in [6.07, 6.45) is 3.86. The third-order valence-corrected chi connectivity index (χ3v) is 3.57. The van der Waals surface area contributed by atoms with Crippen molar-refractivity contribution < 1.29 is 9.59 Å². The molecule has 0 aromatic heterocycles. The highest BCUT2D eigenvalue weighted by Gasteiger charge is 2.28. The summed E-state index contributed by atoms with van der Waals surface area (Å²) < 4.78 is 0. The number of nitrogens with two attached hydrogens (primary N) is 1. The van der Waals surface area contributed by atoms with Gasteiger partial charge in [-0.15, -0.1) is 0 Å². The van der Waals surface area contributed by atoms with E-state index in [1.807, 2.05) is 0 Å². The minimum absolute atomic E-state index is 0.0763. The summed E-state index contributed by atoms with van der Waals surface area (Å²) in [6.45, 7) is 0.862. The SMILES string of the molecule is CNC(=O)CN(C)C(=O)C1CCC(CN)CC1. The molecule has 1 fully saturated rings. The summed E-state index contributed by atoms with van der Waals surface area (Å²) >= 11 is 0. The van der Waals surface area contributed by atoms with Crippen LogP contribution in [0.5, 0.6) is 0 Å². The van der Waals surface area contributed by atoms with Crippen LogP contribution in [0.1, 0.15) is 25.7 Å². The first-order valence-corrected chi connectivity index (χ1v) is 6.24. The lowest BCUT2D eigenvalue weighted by atomic mass is 9.81. The van der Waals surface area contributed by atoms with Crippen LogP contribution in [0.2, 0.25) is 0 Å². The Balaban J connectivity index is 2.40. The summed E-state index contributed by atoms with van der Waals surface area (Å²) in [6, 6.07) is 0. The van der Waals surface area contributed by atoms with Crippen molar-refractivity contribution in [3.63, 3.8) is 0 Å². The maximum Gasteiger partial charge on any atom is 0.239 e. The number of rotatable bonds is 4. The molecule has 0 radical (unpaired) electrons. The molecular formula is C12H23N3O2. The summed E-state index contributed by atoms with van der Waals surface area (Å²) in [7, 11) is 3.26. The number of nitrogens with zero attached hydrogens (tertiary/aromatic N) is 1. The fraction of sp³-hybridized carbons (Fsp3) is 0.833. The normalized spacial score (nSPS) is 24.2. The van der Waals surface area contributed by atoms with Crippen molar-refractivity contribution in [3.8, 4) is 0 Å². The Morgan fingerprint density at radius 2 is 1.88 bits per heavy atom. The van der Waals surface area contributed by atoms with Crippen LogP contribution in [0.3, 0.4) is 0 Å². The molecule has 5 heteroatoms. The number of likely N-dealkylation sites (N-methyl/N-ethyl adjacent to an activating group) is 2. The van der Waals surface area contributed by atoms with Gasteiger partial charge < -0.3 is 16.0 Å². The van der Waals surface area contributed by atoms with Gasteiger partial charge in [0.25, 0.3) is 0 Å². The molecule has 98 valence electrons. The van der Waals surface area contributed by atoms with Gasteiger partial charge in [-0.2, -0.15) is 0 Å². The zero-order valence-corrected chi connectivity index (χ0v) is 10.7. The molecule has 1 aliphatic carbocycles. The third kappa shape index (κ3) is 4.00. The van der Waals surface area contributed by atoms with Gasteiger partial charge in [0.2, 0.25) is 11.8 Å². The van der Waals surface area contributed by atoms with E-state index in [0.29, 0.717) is 5.92 Å². The summed E-state index contributed by atoms with van der Waals surface area (Å²) in [4.78, 5) is 24.8. The molecule has 1 saturated carbocycles. The largest absolute Gasteiger partial charge is 0.358 e. The van der Waals surface area contributed by atoms with Crippen molar-refractivity contribution in [2.75, 3.05) is 27.2 Å². The molecular weight excluding hydrogens is 218 g/mol. The maximum absolute atomic E-state index is 12.1. The molecule has 2 amide bonds. The molecule has 0 aromatic rings. The first-order chi connectivity index (χ1) is 8.08. The molecule has 0 unspecified atom stereocenters. The first-order valence-electron chi connectivity index (χ1n) is 6.24. The van der Waals surface area contributed by atoms with E-state index in [1.165, 1.54) is 4.90 Å². The Labute approximate surface area is 103 Å². The molecule has 1 aliphatic rings. The molecule has 0 atom stereocenters. The molecule has 0 aromatic carbocycles. The highest BCUT2D eigenvalue weighted by atomic mass is 16.2. The number of nitrogens with one attached hydrogen (secondary N) is 1. The van der Waals surface area contributed by atoms with Gasteiger partial charge in [-0.25, -0.2) is 0 Å². The van der Waals surface area contributed by atoms with E-state index in [9.17, 15) is 9.59 Å². The standard InChI is InChI=1S/C12H23N3O2/c1-14-11(16)8-15(2)12(17)10-5-3-9(7-13)4-6-10/h9-10H,3-8,13H2,1-2H3,(H,14,16). The molecule has 1 rings (SSSR count). The number of carbonyl (C=O) groups excluding carboxylic acids is 2. The third-order valence-electron chi connectivity index (χ3n) is 3.57. The van der Waals surface area contributed by atoms with E-state index in [-0.39, 0.29) is 24.3 Å². The van der Waals surface area contributed by atoms with Gasteiger partial charge in [0.15, 0.2) is 0 Å². The monoisotopic (exact) mass is 241 g/mol. The number of carbonyl (C=O) groups is 2. The Morgan fingerprint density at radius 1 is 1.29 bits per heavy atom. The fourth-order valence-corrected chi connectivity index (χ4v) is 2.33. The average molecular weight is 241 g/mol. The molecule has 5 nitrogen and oxygen atoms in total. The second kappa shape index (κ2) is 6.59. The topological polar surface area (TPSA) is 75.4 Å². The van der Waals surface area contributed by atoms with E-state index in [1.54, 1.807) is 14.1 Å². The minimum Gasteiger partial charge on any atom is -0.358 e. The minimum atomic E-state index is -0.128. The lowest BCUT2D eigenvalue weighted by molar-refractivity contribution is -0.139. The average Bonchev–Trinajstić information content (AvgIpc) is 2.37. The van der Waals surface area contributed by atoms with Gasteiger partial charge in [-0.05, 0) is 38.1 Å². The van der Waals surface area contributed by atoms with E-state index in [0.717, 1.165) is 32.2 Å². The van der Waals surface area contributed by atoms with Crippen LogP contribution < -0.4 is 11.1 Å². The van der Waals surface area contributed by atoms with Crippen LogP contribution in [-0.4, -0.2) is 43.9 Å². The predicted octanol–water partition coefficient (Wildman–Crippen LogP) is -0.0441. The Morgan fingerprint density at radius 3 is 2.35 bits per heavy atom. The summed E-state index contributed by atoms with van der Waals surface area (Å²) in [5, 5.41) is 2.52. The van der Waals surface area contributed by atoms with Crippen LogP contribution in [0.25, 0.3) is 0 Å². The quantitative estimate of drug-likeness (QED) is 0.725.